The number of imide groups is 1. The topological polar surface area (TPSA) is 40.6 Å². The van der Waals surface area contributed by atoms with Crippen molar-refractivity contribution >= 4 is 28.8 Å². The largest absolute Gasteiger partial charge is 0.336 e. The monoisotopic (exact) mass is 422 g/mol. The summed E-state index contributed by atoms with van der Waals surface area (Å²) in [5.41, 5.74) is 7.74. The van der Waals surface area contributed by atoms with Gasteiger partial charge in [0.2, 0.25) is 0 Å². The molecule has 0 aromatic heterocycles. The molecule has 0 radical (unpaired) electrons. The van der Waals surface area contributed by atoms with Crippen LogP contribution in [0.2, 0.25) is 0 Å². The Labute approximate surface area is 188 Å². The molecule has 0 N–H and O–H groups in total. The Kier molecular flexibility index (Phi) is 4.93. The number of hydrogen-bond donors (Lipinski definition) is 0. The van der Waals surface area contributed by atoms with E-state index < -0.39 is 0 Å². The zero-order chi connectivity index (χ0) is 22.4. The Balaban J connectivity index is 1.71. The van der Waals surface area contributed by atoms with Crippen LogP contribution in [0.25, 0.3) is 5.57 Å². The van der Waals surface area contributed by atoms with Crippen LogP contribution in [0.4, 0.5) is 11.4 Å². The van der Waals surface area contributed by atoms with Gasteiger partial charge < -0.3 is 4.90 Å². The van der Waals surface area contributed by atoms with Crippen molar-refractivity contribution in [2.24, 2.45) is 0 Å². The van der Waals surface area contributed by atoms with Gasteiger partial charge in [-0.1, -0.05) is 54.1 Å². The molecule has 2 aliphatic heterocycles. The third-order valence-corrected chi connectivity index (χ3v) is 6.24. The minimum atomic E-state index is -0.262. The number of aryl methyl sites for hydroxylation is 4. The van der Waals surface area contributed by atoms with E-state index in [1.54, 1.807) is 0 Å². The number of fused-ring (bicyclic) bond motifs is 1. The van der Waals surface area contributed by atoms with E-state index >= 15 is 0 Å². The van der Waals surface area contributed by atoms with Crippen molar-refractivity contribution in [1.29, 1.82) is 0 Å². The lowest BCUT2D eigenvalue weighted by Gasteiger charge is -2.32. The summed E-state index contributed by atoms with van der Waals surface area (Å²) in [4.78, 5) is 31.1. The number of nitrogens with zero attached hydrogens (tertiary/aromatic N) is 2. The fraction of sp³-hybridized carbons (Fsp3) is 0.214. The van der Waals surface area contributed by atoms with Crippen molar-refractivity contribution in [3.8, 4) is 0 Å². The van der Waals surface area contributed by atoms with Gasteiger partial charge in [0.1, 0.15) is 5.70 Å². The van der Waals surface area contributed by atoms with Crippen molar-refractivity contribution in [3.63, 3.8) is 0 Å². The molecule has 2 amide bonds. The van der Waals surface area contributed by atoms with Gasteiger partial charge in [0.15, 0.2) is 0 Å². The molecule has 0 fully saturated rings. The SMILES string of the molecule is Cc1ccc(C2=C(N3CCCc4ccccc43)C(=O)N(c3cc(C)cc(C)c3)C2=O)cc1. The van der Waals surface area contributed by atoms with Gasteiger partial charge in [0.25, 0.3) is 11.8 Å². The molecule has 0 atom stereocenters. The molecule has 2 heterocycles. The zero-order valence-electron chi connectivity index (χ0n) is 18.7. The second kappa shape index (κ2) is 7.79. The van der Waals surface area contributed by atoms with E-state index in [1.807, 2.05) is 81.4 Å². The van der Waals surface area contributed by atoms with Gasteiger partial charge in [-0.05, 0) is 74.1 Å². The highest BCUT2D eigenvalue weighted by Gasteiger charge is 2.43. The summed E-state index contributed by atoms with van der Waals surface area (Å²) in [6.45, 7) is 6.69. The van der Waals surface area contributed by atoms with Crippen LogP contribution in [-0.2, 0) is 16.0 Å². The fourth-order valence-corrected chi connectivity index (χ4v) is 4.83. The lowest BCUT2D eigenvalue weighted by atomic mass is 9.98. The number of benzene rings is 3. The van der Waals surface area contributed by atoms with Crippen molar-refractivity contribution < 1.29 is 9.59 Å². The molecule has 0 saturated carbocycles. The molecule has 0 aliphatic carbocycles. The van der Waals surface area contributed by atoms with Crippen LogP contribution in [0.3, 0.4) is 0 Å². The summed E-state index contributed by atoms with van der Waals surface area (Å²) in [6, 6.07) is 21.9. The van der Waals surface area contributed by atoms with Crippen LogP contribution in [0.5, 0.6) is 0 Å². The van der Waals surface area contributed by atoms with Crippen molar-refractivity contribution in [2.75, 3.05) is 16.3 Å². The fourth-order valence-electron chi connectivity index (χ4n) is 4.83. The minimum absolute atomic E-state index is 0.257. The van der Waals surface area contributed by atoms with Crippen molar-refractivity contribution in [1.82, 2.24) is 0 Å². The average Bonchev–Trinajstić information content (AvgIpc) is 3.03. The number of hydrogen-bond acceptors (Lipinski definition) is 3. The molecular weight excluding hydrogens is 396 g/mol. The number of carbonyl (C=O) groups is 2. The molecule has 3 aromatic rings. The number of amides is 2. The first-order valence-corrected chi connectivity index (χ1v) is 11.1. The summed E-state index contributed by atoms with van der Waals surface area (Å²) in [6.07, 6.45) is 1.91. The number of carbonyl (C=O) groups excluding carboxylic acids is 2. The Morgan fingerprint density at radius 1 is 0.750 bits per heavy atom. The molecule has 3 aromatic carbocycles. The number of rotatable bonds is 3. The molecule has 2 aliphatic rings. The van der Waals surface area contributed by atoms with E-state index in [2.05, 4.69) is 11.0 Å². The van der Waals surface area contributed by atoms with Crippen LogP contribution in [-0.4, -0.2) is 18.4 Å². The lowest BCUT2D eigenvalue weighted by Crippen LogP contribution is -2.37. The minimum Gasteiger partial charge on any atom is -0.336 e. The Hall–Kier alpha value is -3.66. The quantitative estimate of drug-likeness (QED) is 0.534. The molecule has 4 nitrogen and oxygen atoms in total. The molecule has 0 bridgehead atoms. The van der Waals surface area contributed by atoms with Crippen molar-refractivity contribution in [2.45, 2.75) is 33.6 Å². The van der Waals surface area contributed by atoms with Crippen LogP contribution in [0.15, 0.2) is 72.4 Å². The highest BCUT2D eigenvalue weighted by molar-refractivity contribution is 6.46. The summed E-state index contributed by atoms with van der Waals surface area (Å²) in [5, 5.41) is 0. The molecule has 0 unspecified atom stereocenters. The first kappa shape index (κ1) is 20.3. The predicted molar refractivity (Wildman–Crippen MR) is 129 cm³/mol. The summed E-state index contributed by atoms with van der Waals surface area (Å²) >= 11 is 0. The molecule has 5 rings (SSSR count). The molecule has 160 valence electrons. The van der Waals surface area contributed by atoms with Gasteiger partial charge in [-0.25, -0.2) is 4.90 Å². The predicted octanol–water partition coefficient (Wildman–Crippen LogP) is 5.35. The van der Waals surface area contributed by atoms with Gasteiger partial charge in [0.05, 0.1) is 11.3 Å². The van der Waals surface area contributed by atoms with Gasteiger partial charge in [-0.15, -0.1) is 0 Å². The molecule has 0 saturated heterocycles. The van der Waals surface area contributed by atoms with Crippen molar-refractivity contribution in [3.05, 3.63) is 100 Å². The Morgan fingerprint density at radius 3 is 2.16 bits per heavy atom. The van der Waals surface area contributed by atoms with Crippen LogP contribution in [0, 0.1) is 20.8 Å². The van der Waals surface area contributed by atoms with Crippen LogP contribution in [0.1, 0.15) is 34.2 Å². The highest BCUT2D eigenvalue weighted by atomic mass is 16.2. The van der Waals surface area contributed by atoms with Gasteiger partial charge in [-0.2, -0.15) is 0 Å². The third-order valence-electron chi connectivity index (χ3n) is 6.24. The maximum Gasteiger partial charge on any atom is 0.282 e. The second-order valence-electron chi connectivity index (χ2n) is 8.77. The maximum absolute atomic E-state index is 13.9. The Morgan fingerprint density at radius 2 is 1.44 bits per heavy atom. The number of para-hydroxylation sites is 1. The third kappa shape index (κ3) is 3.32. The van der Waals surface area contributed by atoms with Gasteiger partial charge in [-0.3, -0.25) is 9.59 Å². The molecule has 32 heavy (non-hydrogen) atoms. The van der Waals surface area contributed by atoms with E-state index in [4.69, 9.17) is 0 Å². The first-order valence-electron chi connectivity index (χ1n) is 11.1. The highest BCUT2D eigenvalue weighted by Crippen LogP contribution is 2.39. The smallest absolute Gasteiger partial charge is 0.282 e. The van der Waals surface area contributed by atoms with E-state index in [9.17, 15) is 9.59 Å². The maximum atomic E-state index is 13.9. The lowest BCUT2D eigenvalue weighted by molar-refractivity contribution is -0.120. The summed E-state index contributed by atoms with van der Waals surface area (Å²) < 4.78 is 0. The Bertz CT molecular complexity index is 1250. The molecule has 0 spiro atoms. The van der Waals surface area contributed by atoms with E-state index in [0.717, 1.165) is 40.8 Å². The zero-order valence-corrected chi connectivity index (χ0v) is 18.7. The first-order chi connectivity index (χ1) is 15.4. The normalized spacial score (nSPS) is 16.1. The number of anilines is 2. The molecular formula is C28H26N2O2. The van der Waals surface area contributed by atoms with E-state index in [0.29, 0.717) is 23.5 Å². The second-order valence-corrected chi connectivity index (χ2v) is 8.77. The van der Waals surface area contributed by atoms with Crippen LogP contribution < -0.4 is 9.80 Å². The molecule has 4 heteroatoms. The van der Waals surface area contributed by atoms with E-state index in [1.165, 1.54) is 10.5 Å². The van der Waals surface area contributed by atoms with E-state index in [-0.39, 0.29) is 11.8 Å². The summed E-state index contributed by atoms with van der Waals surface area (Å²) in [7, 11) is 0. The van der Waals surface area contributed by atoms with Gasteiger partial charge in [0, 0.05) is 12.2 Å². The average molecular weight is 423 g/mol. The summed E-state index contributed by atoms with van der Waals surface area (Å²) in [5.74, 6) is -0.519. The van der Waals surface area contributed by atoms with Crippen LogP contribution >= 0.6 is 0 Å². The standard InChI is InChI=1S/C28H26N2O2/c1-18-10-12-22(13-11-18)25-26(29-14-6-8-21-7-4-5-9-24(21)29)28(32)30(27(25)31)23-16-19(2)15-20(3)17-23/h4-5,7,9-13,15-17H,6,8,14H2,1-3H3. The van der Waals surface area contributed by atoms with Gasteiger partial charge >= 0.3 is 0 Å².